The van der Waals surface area contributed by atoms with Crippen molar-refractivity contribution in [2.75, 3.05) is 13.1 Å². The average Bonchev–Trinajstić information content (AvgIpc) is 3.16. The van der Waals surface area contributed by atoms with Gasteiger partial charge in [0.25, 0.3) is 0 Å². The summed E-state index contributed by atoms with van der Waals surface area (Å²) in [6, 6.07) is 7.07. The molecule has 1 aromatic rings. The normalized spacial score (nSPS) is 29.9. The van der Waals surface area contributed by atoms with E-state index in [9.17, 15) is 12.8 Å². The fourth-order valence-electron chi connectivity index (χ4n) is 3.93. The van der Waals surface area contributed by atoms with Gasteiger partial charge >= 0.3 is 0 Å². The minimum Gasteiger partial charge on any atom is -0.294 e. The summed E-state index contributed by atoms with van der Waals surface area (Å²) in [7, 11) is -3.06. The Morgan fingerprint density at radius 1 is 1.00 bits per heavy atom. The van der Waals surface area contributed by atoms with E-state index in [-0.39, 0.29) is 17.1 Å². The molecule has 0 amide bonds. The second kappa shape index (κ2) is 5.28. The molecule has 2 heterocycles. The summed E-state index contributed by atoms with van der Waals surface area (Å²) in [4.78, 5) is 2.36. The zero-order valence-electron chi connectivity index (χ0n) is 12.5. The van der Waals surface area contributed by atoms with Gasteiger partial charge in [0, 0.05) is 31.7 Å². The second-order valence-corrected chi connectivity index (χ2v) is 8.83. The van der Waals surface area contributed by atoms with Crippen LogP contribution in [-0.4, -0.2) is 48.0 Å². The van der Waals surface area contributed by atoms with Crippen LogP contribution in [0.25, 0.3) is 0 Å². The Labute approximate surface area is 131 Å². The molecule has 4 rings (SSSR count). The van der Waals surface area contributed by atoms with Gasteiger partial charge in [0.15, 0.2) is 0 Å². The molecule has 0 unspecified atom stereocenters. The van der Waals surface area contributed by atoms with Crippen molar-refractivity contribution in [1.82, 2.24) is 9.21 Å². The molecule has 0 aromatic heterocycles. The molecule has 0 spiro atoms. The highest BCUT2D eigenvalue weighted by molar-refractivity contribution is 7.90. The summed E-state index contributed by atoms with van der Waals surface area (Å²) in [5.74, 6) is -0.217. The lowest BCUT2D eigenvalue weighted by Gasteiger charge is -2.25. The number of hydrogen-bond donors (Lipinski definition) is 0. The maximum atomic E-state index is 13.0. The van der Waals surface area contributed by atoms with Crippen LogP contribution in [0, 0.1) is 5.82 Å². The van der Waals surface area contributed by atoms with E-state index in [1.165, 1.54) is 12.1 Å². The van der Waals surface area contributed by atoms with Crippen LogP contribution in [0.15, 0.2) is 24.3 Å². The third kappa shape index (κ3) is 2.47. The molecular formula is C16H21FN2O2S. The van der Waals surface area contributed by atoms with E-state index in [4.69, 9.17) is 0 Å². The SMILES string of the molecule is O=S(=O)(C1CC1)N1CC[C@@H]2[C@@H]1CCN2Cc1ccc(F)cc1. The molecule has 2 aliphatic heterocycles. The van der Waals surface area contributed by atoms with Crippen LogP contribution >= 0.6 is 0 Å². The maximum Gasteiger partial charge on any atom is 0.217 e. The Morgan fingerprint density at radius 3 is 2.36 bits per heavy atom. The first-order chi connectivity index (χ1) is 10.6. The monoisotopic (exact) mass is 324 g/mol. The van der Waals surface area contributed by atoms with Crippen molar-refractivity contribution in [2.45, 2.75) is 49.6 Å². The Kier molecular flexibility index (Phi) is 3.51. The summed E-state index contributed by atoms with van der Waals surface area (Å²) in [5, 5.41) is -0.114. The minimum absolute atomic E-state index is 0.114. The van der Waals surface area contributed by atoms with Gasteiger partial charge in [-0.1, -0.05) is 12.1 Å². The van der Waals surface area contributed by atoms with Crippen molar-refractivity contribution in [3.8, 4) is 0 Å². The summed E-state index contributed by atoms with van der Waals surface area (Å²) in [5.41, 5.74) is 1.09. The molecule has 0 N–H and O–H groups in total. The standard InChI is InChI=1S/C16H21FN2O2S/c17-13-3-1-12(2-4-13)11-18-9-7-16-15(18)8-10-19(16)22(20,21)14-5-6-14/h1-4,14-16H,5-11H2/t15-,16+/m1/s1. The molecule has 0 bridgehead atoms. The quantitative estimate of drug-likeness (QED) is 0.850. The van der Waals surface area contributed by atoms with Crippen LogP contribution in [0.1, 0.15) is 31.2 Å². The highest BCUT2D eigenvalue weighted by Gasteiger charge is 2.50. The first kappa shape index (κ1) is 14.6. The smallest absolute Gasteiger partial charge is 0.217 e. The summed E-state index contributed by atoms with van der Waals surface area (Å²) >= 11 is 0. The fourth-order valence-corrected chi connectivity index (χ4v) is 6.03. The van der Waals surface area contributed by atoms with E-state index in [0.717, 1.165) is 44.3 Å². The lowest BCUT2D eigenvalue weighted by Crippen LogP contribution is -2.41. The van der Waals surface area contributed by atoms with Gasteiger partial charge in [-0.15, -0.1) is 0 Å². The highest BCUT2D eigenvalue weighted by Crippen LogP contribution is 2.39. The van der Waals surface area contributed by atoms with Gasteiger partial charge in [-0.25, -0.2) is 12.8 Å². The van der Waals surface area contributed by atoms with Crippen LogP contribution in [0.5, 0.6) is 0 Å². The van der Waals surface area contributed by atoms with E-state index in [1.807, 2.05) is 12.1 Å². The lowest BCUT2D eigenvalue weighted by atomic mass is 10.1. The van der Waals surface area contributed by atoms with Crippen LogP contribution < -0.4 is 0 Å². The topological polar surface area (TPSA) is 40.6 Å². The van der Waals surface area contributed by atoms with E-state index in [2.05, 4.69) is 4.90 Å². The van der Waals surface area contributed by atoms with Crippen molar-refractivity contribution in [3.63, 3.8) is 0 Å². The van der Waals surface area contributed by atoms with Gasteiger partial charge in [0.05, 0.1) is 5.25 Å². The number of rotatable bonds is 4. The lowest BCUT2D eigenvalue weighted by molar-refractivity contribution is 0.240. The number of sulfonamides is 1. The number of hydrogen-bond acceptors (Lipinski definition) is 3. The predicted molar refractivity (Wildman–Crippen MR) is 82.3 cm³/mol. The first-order valence-corrected chi connectivity index (χ1v) is 9.55. The van der Waals surface area contributed by atoms with Gasteiger partial charge in [0.1, 0.15) is 5.82 Å². The molecule has 22 heavy (non-hydrogen) atoms. The minimum atomic E-state index is -3.06. The number of halogens is 1. The van der Waals surface area contributed by atoms with Crippen molar-refractivity contribution < 1.29 is 12.8 Å². The number of fused-ring (bicyclic) bond motifs is 1. The highest BCUT2D eigenvalue weighted by atomic mass is 32.2. The number of likely N-dealkylation sites (tertiary alicyclic amines) is 1. The number of nitrogens with zero attached hydrogens (tertiary/aromatic N) is 2. The van der Waals surface area contributed by atoms with Gasteiger partial charge in [-0.05, 0) is 43.4 Å². The molecule has 1 saturated carbocycles. The van der Waals surface area contributed by atoms with Crippen LogP contribution in [0.2, 0.25) is 0 Å². The van der Waals surface area contributed by atoms with Crippen LogP contribution in [0.4, 0.5) is 4.39 Å². The maximum absolute atomic E-state index is 13.0. The Hall–Kier alpha value is -0.980. The third-order valence-electron chi connectivity index (χ3n) is 5.21. The molecule has 0 radical (unpaired) electrons. The molecule has 1 aliphatic carbocycles. The van der Waals surface area contributed by atoms with E-state index in [0.29, 0.717) is 12.6 Å². The molecule has 3 fully saturated rings. The van der Waals surface area contributed by atoms with E-state index < -0.39 is 10.0 Å². The largest absolute Gasteiger partial charge is 0.294 e. The van der Waals surface area contributed by atoms with Gasteiger partial charge in [0.2, 0.25) is 10.0 Å². The predicted octanol–water partition coefficient (Wildman–Crippen LogP) is 1.97. The zero-order chi connectivity index (χ0) is 15.3. The average molecular weight is 324 g/mol. The molecular weight excluding hydrogens is 303 g/mol. The molecule has 2 saturated heterocycles. The Morgan fingerprint density at radius 2 is 1.68 bits per heavy atom. The van der Waals surface area contributed by atoms with Gasteiger partial charge in [-0.3, -0.25) is 4.90 Å². The Balaban J connectivity index is 1.47. The van der Waals surface area contributed by atoms with E-state index >= 15 is 0 Å². The van der Waals surface area contributed by atoms with Crippen molar-refractivity contribution >= 4 is 10.0 Å². The van der Waals surface area contributed by atoms with Crippen molar-refractivity contribution in [2.24, 2.45) is 0 Å². The molecule has 4 nitrogen and oxygen atoms in total. The van der Waals surface area contributed by atoms with Gasteiger partial charge in [-0.2, -0.15) is 4.31 Å². The molecule has 3 aliphatic rings. The molecule has 2 atom stereocenters. The van der Waals surface area contributed by atoms with Crippen molar-refractivity contribution in [1.29, 1.82) is 0 Å². The third-order valence-corrected chi connectivity index (χ3v) is 7.63. The molecule has 120 valence electrons. The summed E-state index contributed by atoms with van der Waals surface area (Å²) in [6.45, 7) is 2.36. The van der Waals surface area contributed by atoms with Gasteiger partial charge < -0.3 is 0 Å². The molecule has 1 aromatic carbocycles. The van der Waals surface area contributed by atoms with E-state index in [1.54, 1.807) is 4.31 Å². The zero-order valence-corrected chi connectivity index (χ0v) is 13.3. The summed E-state index contributed by atoms with van der Waals surface area (Å²) < 4.78 is 39.8. The van der Waals surface area contributed by atoms with Crippen LogP contribution in [0.3, 0.4) is 0 Å². The Bertz CT molecular complexity index is 657. The van der Waals surface area contributed by atoms with Crippen LogP contribution in [-0.2, 0) is 16.6 Å². The second-order valence-electron chi connectivity index (χ2n) is 6.66. The first-order valence-electron chi connectivity index (χ1n) is 8.05. The summed E-state index contributed by atoms with van der Waals surface area (Å²) in [6.07, 6.45) is 3.49. The van der Waals surface area contributed by atoms with Crippen molar-refractivity contribution in [3.05, 3.63) is 35.6 Å². The molecule has 6 heteroatoms. The number of benzene rings is 1. The fraction of sp³-hybridized carbons (Fsp3) is 0.625.